The number of carbonyl (C=O) groups excluding carboxylic acids is 7. The van der Waals surface area contributed by atoms with Crippen molar-refractivity contribution in [2.75, 3.05) is 42.1 Å². The quantitative estimate of drug-likeness (QED) is 0.0854. The lowest BCUT2D eigenvalue weighted by atomic mass is 10.1. The Morgan fingerprint density at radius 2 is 1.56 bits per heavy atom. The lowest BCUT2D eigenvalue weighted by molar-refractivity contribution is -0.137. The lowest BCUT2D eigenvalue weighted by Crippen LogP contribution is -2.46. The molecule has 1 aliphatic rings. The van der Waals surface area contributed by atoms with Crippen LogP contribution >= 0.6 is 0 Å². The topological polar surface area (TPSA) is 195 Å². The third-order valence-electron chi connectivity index (χ3n) is 6.79. The second-order valence-corrected chi connectivity index (χ2v) is 10.1. The Bertz CT molecular complexity index is 1440. The van der Waals surface area contributed by atoms with Crippen LogP contribution in [-0.2, 0) is 35.2 Å². The molecular weight excluding hydrogens is 582 g/mol. The van der Waals surface area contributed by atoms with Crippen LogP contribution in [0.2, 0.25) is 0 Å². The first-order valence-corrected chi connectivity index (χ1v) is 14.5. The van der Waals surface area contributed by atoms with Crippen molar-refractivity contribution in [3.05, 3.63) is 65.7 Å². The van der Waals surface area contributed by atoms with E-state index < -0.39 is 17.9 Å². The maximum absolute atomic E-state index is 12.7. The Morgan fingerprint density at radius 3 is 2.22 bits per heavy atom. The third kappa shape index (κ3) is 10.7. The first kappa shape index (κ1) is 34.1. The minimum Gasteiger partial charge on any atom is -0.355 e. The number of hydrogen-bond acceptors (Lipinski definition) is 8. The summed E-state index contributed by atoms with van der Waals surface area (Å²) in [5.41, 5.74) is 2.95. The molecule has 1 aliphatic heterocycles. The Labute approximate surface area is 260 Å². The smallest absolute Gasteiger partial charge is 0.255 e. The highest BCUT2D eigenvalue weighted by molar-refractivity contribution is 6.12. The van der Waals surface area contributed by atoms with Crippen LogP contribution in [0.3, 0.4) is 0 Å². The molecule has 1 atom stereocenters. The van der Waals surface area contributed by atoms with Gasteiger partial charge < -0.3 is 31.9 Å². The molecule has 0 aromatic heterocycles. The van der Waals surface area contributed by atoms with Crippen molar-refractivity contribution >= 4 is 58.9 Å². The van der Waals surface area contributed by atoms with E-state index >= 15 is 0 Å². The fourth-order valence-corrected chi connectivity index (χ4v) is 4.32. The van der Waals surface area contributed by atoms with E-state index in [1.807, 2.05) is 6.92 Å². The molecule has 0 radical (unpaired) electrons. The van der Waals surface area contributed by atoms with Gasteiger partial charge in [0.1, 0.15) is 0 Å². The Balaban J connectivity index is 1.31. The van der Waals surface area contributed by atoms with Crippen LogP contribution in [0.4, 0.5) is 17.1 Å². The molecule has 0 saturated carbocycles. The number of benzene rings is 2. The first-order valence-electron chi connectivity index (χ1n) is 14.5. The van der Waals surface area contributed by atoms with Gasteiger partial charge in [-0.1, -0.05) is 6.92 Å². The SMILES string of the molecule is CCc1cc(NC(=O)c2ccc(NC(=O)CNC(=O)[C@H](C)NCCNC(=O)CCCN3C(=O)C=CC3=O)cc2)ccc1NC=O. The summed E-state index contributed by atoms with van der Waals surface area (Å²) in [5, 5.41) is 16.3. The summed E-state index contributed by atoms with van der Waals surface area (Å²) in [6, 6.07) is 10.8. The molecule has 0 aliphatic carbocycles. The predicted octanol–water partition coefficient (Wildman–Crippen LogP) is 0.924. The van der Waals surface area contributed by atoms with Crippen molar-refractivity contribution in [1.82, 2.24) is 20.9 Å². The van der Waals surface area contributed by atoms with Gasteiger partial charge >= 0.3 is 0 Å². The van der Waals surface area contributed by atoms with E-state index in [1.54, 1.807) is 49.4 Å². The molecule has 0 unspecified atom stereocenters. The molecule has 6 N–H and O–H groups in total. The summed E-state index contributed by atoms with van der Waals surface area (Å²) in [5.74, 6) is -2.21. The van der Waals surface area contributed by atoms with Crippen LogP contribution in [0.1, 0.15) is 42.6 Å². The summed E-state index contributed by atoms with van der Waals surface area (Å²) >= 11 is 0. The van der Waals surface area contributed by atoms with Gasteiger partial charge in [0.2, 0.25) is 24.1 Å². The third-order valence-corrected chi connectivity index (χ3v) is 6.79. The molecule has 0 bridgehead atoms. The molecule has 1 heterocycles. The number of hydrogen-bond donors (Lipinski definition) is 6. The Kier molecular flexibility index (Phi) is 12.9. The average molecular weight is 620 g/mol. The van der Waals surface area contributed by atoms with Crippen molar-refractivity contribution in [3.8, 4) is 0 Å². The molecule has 45 heavy (non-hydrogen) atoms. The summed E-state index contributed by atoms with van der Waals surface area (Å²) in [4.78, 5) is 84.1. The first-order chi connectivity index (χ1) is 21.6. The van der Waals surface area contributed by atoms with E-state index in [1.165, 1.54) is 12.2 Å². The zero-order valence-corrected chi connectivity index (χ0v) is 25.1. The van der Waals surface area contributed by atoms with Crippen molar-refractivity contribution < 1.29 is 33.6 Å². The standard InChI is InChI=1S/C31H37N7O7/c1-3-21-17-24(10-11-25(21)35-19-39)37-31(45)22-6-8-23(9-7-22)36-27(41)18-34-30(44)20(2)32-14-15-33-26(40)5-4-16-38-28(42)12-13-29(38)43/h6-13,17,19-20,32H,3-5,14-16,18H2,1-2H3,(H,33,40)(H,34,44)(H,35,39)(H,36,41)(H,37,45)/t20-/m0/s1. The molecule has 0 fully saturated rings. The van der Waals surface area contributed by atoms with Gasteiger partial charge in [-0.3, -0.25) is 38.5 Å². The van der Waals surface area contributed by atoms with Gasteiger partial charge in [-0.15, -0.1) is 0 Å². The van der Waals surface area contributed by atoms with Crippen molar-refractivity contribution in [2.24, 2.45) is 0 Å². The number of carbonyl (C=O) groups is 7. The molecule has 2 aromatic rings. The number of rotatable bonds is 17. The Hall–Kier alpha value is -5.37. The van der Waals surface area contributed by atoms with Gasteiger partial charge in [-0.2, -0.15) is 0 Å². The van der Waals surface area contributed by atoms with Gasteiger partial charge in [0.15, 0.2) is 0 Å². The van der Waals surface area contributed by atoms with Crippen LogP contribution < -0.4 is 31.9 Å². The highest BCUT2D eigenvalue weighted by Crippen LogP contribution is 2.21. The normalized spacial score (nSPS) is 12.8. The number of amides is 7. The summed E-state index contributed by atoms with van der Waals surface area (Å²) in [7, 11) is 0. The fraction of sp³-hybridized carbons (Fsp3) is 0.323. The van der Waals surface area contributed by atoms with Crippen LogP contribution in [0.15, 0.2) is 54.6 Å². The van der Waals surface area contributed by atoms with Crippen LogP contribution in [0, 0.1) is 0 Å². The fourth-order valence-electron chi connectivity index (χ4n) is 4.32. The van der Waals surface area contributed by atoms with E-state index in [0.717, 1.165) is 10.5 Å². The van der Waals surface area contributed by atoms with Crippen molar-refractivity contribution in [3.63, 3.8) is 0 Å². The summed E-state index contributed by atoms with van der Waals surface area (Å²) in [6.07, 6.45) is 4.15. The van der Waals surface area contributed by atoms with Gasteiger partial charge in [0, 0.05) is 60.8 Å². The monoisotopic (exact) mass is 619 g/mol. The molecule has 14 heteroatoms. The van der Waals surface area contributed by atoms with E-state index in [0.29, 0.717) is 48.4 Å². The lowest BCUT2D eigenvalue weighted by Gasteiger charge is -2.15. The number of anilines is 3. The van der Waals surface area contributed by atoms with Gasteiger partial charge in [-0.25, -0.2) is 0 Å². The number of imide groups is 1. The molecule has 0 saturated heterocycles. The minimum atomic E-state index is -0.627. The second kappa shape index (κ2) is 17.1. The highest BCUT2D eigenvalue weighted by Gasteiger charge is 2.22. The van der Waals surface area contributed by atoms with Crippen LogP contribution in [0.25, 0.3) is 0 Å². The van der Waals surface area contributed by atoms with E-state index in [2.05, 4.69) is 31.9 Å². The maximum atomic E-state index is 12.7. The van der Waals surface area contributed by atoms with Gasteiger partial charge in [-0.05, 0) is 67.8 Å². The number of nitrogens with zero attached hydrogens (tertiary/aromatic N) is 1. The number of nitrogens with one attached hydrogen (secondary N) is 6. The Morgan fingerprint density at radius 1 is 0.867 bits per heavy atom. The minimum absolute atomic E-state index is 0.147. The molecule has 2 aromatic carbocycles. The van der Waals surface area contributed by atoms with E-state index in [9.17, 15) is 33.6 Å². The zero-order chi connectivity index (χ0) is 32.8. The van der Waals surface area contributed by atoms with E-state index in [-0.39, 0.29) is 49.7 Å². The largest absolute Gasteiger partial charge is 0.355 e. The zero-order valence-electron chi connectivity index (χ0n) is 25.1. The number of aryl methyl sites for hydroxylation is 1. The van der Waals surface area contributed by atoms with Crippen molar-refractivity contribution in [2.45, 2.75) is 39.2 Å². The molecule has 14 nitrogen and oxygen atoms in total. The summed E-state index contributed by atoms with van der Waals surface area (Å²) < 4.78 is 0. The second-order valence-electron chi connectivity index (χ2n) is 10.1. The predicted molar refractivity (Wildman–Crippen MR) is 167 cm³/mol. The van der Waals surface area contributed by atoms with E-state index in [4.69, 9.17) is 0 Å². The average Bonchev–Trinajstić information content (AvgIpc) is 3.35. The van der Waals surface area contributed by atoms with Gasteiger partial charge in [0.05, 0.1) is 12.6 Å². The van der Waals surface area contributed by atoms with Gasteiger partial charge in [0.25, 0.3) is 17.7 Å². The molecular formula is C31H37N7O7. The van der Waals surface area contributed by atoms with Crippen LogP contribution in [-0.4, -0.2) is 79.0 Å². The van der Waals surface area contributed by atoms with Crippen molar-refractivity contribution in [1.29, 1.82) is 0 Å². The molecule has 238 valence electrons. The summed E-state index contributed by atoms with van der Waals surface area (Å²) in [6.45, 7) is 4.03. The van der Waals surface area contributed by atoms with Crippen LogP contribution in [0.5, 0.6) is 0 Å². The maximum Gasteiger partial charge on any atom is 0.255 e. The highest BCUT2D eigenvalue weighted by atomic mass is 16.2. The molecule has 0 spiro atoms. The molecule has 3 rings (SSSR count). The molecule has 7 amide bonds.